The fraction of sp³-hybridized carbons (Fsp3) is 0.500. The van der Waals surface area contributed by atoms with Gasteiger partial charge in [0.1, 0.15) is 0 Å². The van der Waals surface area contributed by atoms with Crippen LogP contribution in [0.2, 0.25) is 0 Å². The quantitative estimate of drug-likeness (QED) is 0.845. The van der Waals surface area contributed by atoms with Crippen LogP contribution in [0.5, 0.6) is 0 Å². The average Bonchev–Trinajstić information content (AvgIpc) is 2.36. The zero-order valence-corrected chi connectivity index (χ0v) is 11.5. The molecule has 0 aliphatic carbocycles. The maximum Gasteiger partial charge on any atom is 0.407 e. The monoisotopic (exact) mass is 263 g/mol. The van der Waals surface area contributed by atoms with Crippen LogP contribution < -0.4 is 0 Å². The highest BCUT2D eigenvalue weighted by molar-refractivity contribution is 5.65. The Hall–Kier alpha value is -1.59. The summed E-state index contributed by atoms with van der Waals surface area (Å²) in [6, 6.07) is 9.34. The predicted octanol–water partition coefficient (Wildman–Crippen LogP) is 2.32. The molecule has 1 fully saturated rings. The van der Waals surface area contributed by atoms with Crippen molar-refractivity contribution in [1.82, 2.24) is 9.96 Å². The van der Waals surface area contributed by atoms with Gasteiger partial charge in [-0.1, -0.05) is 30.3 Å². The maximum absolute atomic E-state index is 12.6. The molecule has 1 radical (unpaired) electrons. The smallest absolute Gasteiger partial charge is 0.407 e. The minimum atomic E-state index is -0.983. The lowest BCUT2D eigenvalue weighted by atomic mass is 9.84. The van der Waals surface area contributed by atoms with E-state index in [1.807, 2.05) is 30.3 Å². The number of hydrogen-bond acceptors (Lipinski definition) is 2. The van der Waals surface area contributed by atoms with Crippen molar-refractivity contribution >= 4 is 6.09 Å². The molecule has 1 atom stereocenters. The Morgan fingerprint density at radius 2 is 1.74 bits per heavy atom. The number of carboxylic acid groups (broad SMARTS) is 1. The molecule has 1 aromatic carbocycles. The van der Waals surface area contributed by atoms with E-state index in [0.717, 1.165) is 10.6 Å². The van der Waals surface area contributed by atoms with Gasteiger partial charge < -0.3 is 10.0 Å². The van der Waals surface area contributed by atoms with Crippen LogP contribution >= 0.6 is 0 Å². The molecule has 1 aromatic rings. The van der Waals surface area contributed by atoms with Gasteiger partial charge in [0.05, 0.1) is 11.1 Å². The molecule has 0 aromatic heterocycles. The number of nitrogens with zero attached hydrogens (tertiary/aromatic N) is 2. The standard InChI is InChI=1S/C14H19N2O3/c1-13(2)9-15(12(17)18)10-14(3,16(13)19)11-7-5-4-6-8-11/h4-8H,9-10H2,1-3H3,(H,17,18). The number of benzene rings is 1. The molecule has 0 saturated carbocycles. The first-order valence-electron chi connectivity index (χ1n) is 6.28. The Balaban J connectivity index is 2.44. The average molecular weight is 263 g/mol. The van der Waals surface area contributed by atoms with E-state index in [-0.39, 0.29) is 13.1 Å². The minimum absolute atomic E-state index is 0.180. The molecule has 0 spiro atoms. The van der Waals surface area contributed by atoms with Crippen LogP contribution in [-0.2, 0) is 10.7 Å². The highest BCUT2D eigenvalue weighted by Crippen LogP contribution is 2.38. The van der Waals surface area contributed by atoms with Gasteiger partial charge in [0.25, 0.3) is 0 Å². The van der Waals surface area contributed by atoms with Crippen LogP contribution in [-0.4, -0.2) is 39.8 Å². The van der Waals surface area contributed by atoms with Crippen molar-refractivity contribution in [3.63, 3.8) is 0 Å². The van der Waals surface area contributed by atoms with E-state index in [1.165, 1.54) is 4.90 Å². The largest absolute Gasteiger partial charge is 0.465 e. The molecule has 1 aliphatic heterocycles. The molecule has 1 amide bonds. The fourth-order valence-electron chi connectivity index (χ4n) is 2.83. The van der Waals surface area contributed by atoms with Crippen molar-refractivity contribution in [2.24, 2.45) is 0 Å². The van der Waals surface area contributed by atoms with Crippen molar-refractivity contribution in [2.75, 3.05) is 13.1 Å². The lowest BCUT2D eigenvalue weighted by molar-refractivity contribution is -0.301. The van der Waals surface area contributed by atoms with Gasteiger partial charge in [-0.15, -0.1) is 10.3 Å². The second kappa shape index (κ2) is 4.51. The summed E-state index contributed by atoms with van der Waals surface area (Å²) in [6.07, 6.45) is -0.983. The predicted molar refractivity (Wildman–Crippen MR) is 70.0 cm³/mol. The summed E-state index contributed by atoms with van der Waals surface area (Å²) < 4.78 is 0. The van der Waals surface area contributed by atoms with Gasteiger partial charge in [0, 0.05) is 13.1 Å². The topological polar surface area (TPSA) is 63.7 Å². The van der Waals surface area contributed by atoms with E-state index >= 15 is 0 Å². The van der Waals surface area contributed by atoms with Crippen LogP contribution in [0.1, 0.15) is 26.3 Å². The summed E-state index contributed by atoms with van der Waals surface area (Å²) in [5.74, 6) is 0. The number of carbonyl (C=O) groups is 1. The van der Waals surface area contributed by atoms with E-state index in [9.17, 15) is 15.1 Å². The molecule has 5 heteroatoms. The minimum Gasteiger partial charge on any atom is -0.465 e. The number of rotatable bonds is 1. The number of piperazine rings is 1. The lowest BCUT2D eigenvalue weighted by Crippen LogP contribution is -2.67. The van der Waals surface area contributed by atoms with Gasteiger partial charge in [0.15, 0.2) is 0 Å². The van der Waals surface area contributed by atoms with Crippen LogP contribution in [0, 0.1) is 0 Å². The Bertz CT molecular complexity index is 475. The summed E-state index contributed by atoms with van der Waals surface area (Å²) in [6.45, 7) is 5.74. The molecule has 1 saturated heterocycles. The van der Waals surface area contributed by atoms with Gasteiger partial charge in [-0.2, -0.15) is 0 Å². The Morgan fingerprint density at radius 1 is 1.16 bits per heavy atom. The van der Waals surface area contributed by atoms with Crippen LogP contribution in [0.25, 0.3) is 0 Å². The SMILES string of the molecule is CC1(C)CN(C(=O)O)CC(C)(c2ccccc2)N1[O]. The Morgan fingerprint density at radius 3 is 2.26 bits per heavy atom. The molecular formula is C14H19N2O3. The first kappa shape index (κ1) is 13.8. The molecule has 1 N–H and O–H groups in total. The summed E-state index contributed by atoms with van der Waals surface area (Å²) in [5, 5.41) is 22.9. The van der Waals surface area contributed by atoms with E-state index in [4.69, 9.17) is 0 Å². The molecule has 1 heterocycles. The maximum atomic E-state index is 12.6. The first-order valence-corrected chi connectivity index (χ1v) is 6.28. The van der Waals surface area contributed by atoms with E-state index in [2.05, 4.69) is 0 Å². The Kier molecular flexibility index (Phi) is 3.28. The highest BCUT2D eigenvalue weighted by Gasteiger charge is 2.50. The van der Waals surface area contributed by atoms with Gasteiger partial charge in [-0.25, -0.2) is 4.79 Å². The van der Waals surface area contributed by atoms with Gasteiger partial charge in [-0.3, -0.25) is 0 Å². The normalized spacial score (nSPS) is 27.3. The zero-order valence-electron chi connectivity index (χ0n) is 11.5. The number of amides is 1. The van der Waals surface area contributed by atoms with E-state index in [1.54, 1.807) is 20.8 Å². The fourth-order valence-corrected chi connectivity index (χ4v) is 2.83. The van der Waals surface area contributed by atoms with Gasteiger partial charge in [0.2, 0.25) is 0 Å². The summed E-state index contributed by atoms with van der Waals surface area (Å²) in [4.78, 5) is 12.6. The molecule has 5 nitrogen and oxygen atoms in total. The molecule has 1 aliphatic rings. The number of hydroxylamine groups is 2. The molecule has 1 unspecified atom stereocenters. The van der Waals surface area contributed by atoms with Crippen molar-refractivity contribution in [3.8, 4) is 0 Å². The molecule has 103 valence electrons. The molecule has 0 bridgehead atoms. The Labute approximate surface area is 113 Å². The van der Waals surface area contributed by atoms with Crippen molar-refractivity contribution in [3.05, 3.63) is 35.9 Å². The molecular weight excluding hydrogens is 244 g/mol. The first-order chi connectivity index (χ1) is 8.77. The van der Waals surface area contributed by atoms with Crippen LogP contribution in [0.3, 0.4) is 0 Å². The second-order valence-electron chi connectivity index (χ2n) is 5.89. The molecule has 19 heavy (non-hydrogen) atoms. The summed E-state index contributed by atoms with van der Waals surface area (Å²) >= 11 is 0. The third kappa shape index (κ3) is 2.31. The van der Waals surface area contributed by atoms with Gasteiger partial charge >= 0.3 is 6.09 Å². The third-order valence-corrected chi connectivity index (χ3v) is 3.74. The lowest BCUT2D eigenvalue weighted by Gasteiger charge is -2.52. The van der Waals surface area contributed by atoms with E-state index in [0.29, 0.717) is 0 Å². The van der Waals surface area contributed by atoms with Crippen molar-refractivity contribution < 1.29 is 15.1 Å². The summed E-state index contributed by atoms with van der Waals surface area (Å²) in [7, 11) is 0. The van der Waals surface area contributed by atoms with Crippen LogP contribution in [0.4, 0.5) is 4.79 Å². The van der Waals surface area contributed by atoms with Crippen LogP contribution in [0.15, 0.2) is 30.3 Å². The highest BCUT2D eigenvalue weighted by atomic mass is 16.5. The number of hydrogen-bond donors (Lipinski definition) is 1. The van der Waals surface area contributed by atoms with Crippen molar-refractivity contribution in [1.29, 1.82) is 0 Å². The zero-order chi connectivity index (χ0) is 14.3. The van der Waals surface area contributed by atoms with Gasteiger partial charge in [-0.05, 0) is 26.3 Å². The van der Waals surface area contributed by atoms with Crippen molar-refractivity contribution in [2.45, 2.75) is 31.8 Å². The second-order valence-corrected chi connectivity index (χ2v) is 5.89. The third-order valence-electron chi connectivity index (χ3n) is 3.74. The summed E-state index contributed by atoms with van der Waals surface area (Å²) in [5.41, 5.74) is -0.771. The van der Waals surface area contributed by atoms with E-state index < -0.39 is 17.2 Å². The molecule has 2 rings (SSSR count).